The molecule has 1 aliphatic carbocycles. The SMILES string of the molecule is O=C(NC[C@H]1CCC[C@@H]1NC(=O)c1ccsc1)c1ccsc1. The van der Waals surface area contributed by atoms with Crippen molar-refractivity contribution in [3.63, 3.8) is 0 Å². The number of carbonyl (C=O) groups is 2. The maximum atomic E-state index is 12.1. The molecule has 2 atom stereocenters. The third-order valence-electron chi connectivity index (χ3n) is 4.07. The first-order valence-corrected chi connectivity index (χ1v) is 9.26. The molecule has 22 heavy (non-hydrogen) atoms. The van der Waals surface area contributed by atoms with Gasteiger partial charge in [0.15, 0.2) is 0 Å². The van der Waals surface area contributed by atoms with Gasteiger partial charge in [-0.3, -0.25) is 9.59 Å². The van der Waals surface area contributed by atoms with Crippen LogP contribution in [0.1, 0.15) is 40.0 Å². The molecule has 1 aliphatic rings. The minimum absolute atomic E-state index is 0.0117. The lowest BCUT2D eigenvalue weighted by atomic mass is 10.0. The molecule has 116 valence electrons. The van der Waals surface area contributed by atoms with Gasteiger partial charge in [0.25, 0.3) is 11.8 Å². The van der Waals surface area contributed by atoms with E-state index in [0.29, 0.717) is 18.0 Å². The van der Waals surface area contributed by atoms with Crippen molar-refractivity contribution in [3.05, 3.63) is 44.8 Å². The molecular formula is C16H18N2O2S2. The molecule has 3 rings (SSSR count). The minimum Gasteiger partial charge on any atom is -0.352 e. The molecule has 0 bridgehead atoms. The predicted molar refractivity (Wildman–Crippen MR) is 89.6 cm³/mol. The van der Waals surface area contributed by atoms with Crippen LogP contribution < -0.4 is 10.6 Å². The van der Waals surface area contributed by atoms with Crippen LogP contribution in [0.3, 0.4) is 0 Å². The summed E-state index contributed by atoms with van der Waals surface area (Å²) in [6.45, 7) is 0.614. The topological polar surface area (TPSA) is 58.2 Å². The number of rotatable bonds is 5. The van der Waals surface area contributed by atoms with E-state index in [1.54, 1.807) is 0 Å². The second-order valence-corrected chi connectivity index (χ2v) is 7.07. The number of thiophene rings is 2. The Bertz CT molecular complexity index is 623. The Balaban J connectivity index is 1.52. The molecule has 2 N–H and O–H groups in total. The van der Waals surface area contributed by atoms with Crippen molar-refractivity contribution in [1.29, 1.82) is 0 Å². The lowest BCUT2D eigenvalue weighted by Gasteiger charge is -2.21. The Hall–Kier alpha value is -1.66. The summed E-state index contributed by atoms with van der Waals surface area (Å²) < 4.78 is 0. The first-order chi connectivity index (χ1) is 10.7. The van der Waals surface area contributed by atoms with Crippen molar-refractivity contribution in [2.45, 2.75) is 25.3 Å². The lowest BCUT2D eigenvalue weighted by molar-refractivity contribution is 0.0923. The van der Waals surface area contributed by atoms with Crippen molar-refractivity contribution in [3.8, 4) is 0 Å². The van der Waals surface area contributed by atoms with Crippen LogP contribution in [0.4, 0.5) is 0 Å². The standard InChI is InChI=1S/C16H18N2O2S2/c19-15(12-4-6-21-9-12)17-8-11-2-1-3-14(11)18-16(20)13-5-7-22-10-13/h4-7,9-11,14H,1-3,8H2,(H,17,19)(H,18,20)/t11-,14+/m1/s1. The molecule has 6 heteroatoms. The average molecular weight is 334 g/mol. The van der Waals surface area contributed by atoms with Gasteiger partial charge in [0.05, 0.1) is 0 Å². The van der Waals surface area contributed by atoms with Gasteiger partial charge >= 0.3 is 0 Å². The highest BCUT2D eigenvalue weighted by molar-refractivity contribution is 7.08. The first kappa shape index (κ1) is 15.2. The Morgan fingerprint density at radius 3 is 2.36 bits per heavy atom. The maximum absolute atomic E-state index is 12.1. The normalized spacial score (nSPS) is 20.7. The lowest BCUT2D eigenvalue weighted by Crippen LogP contribution is -2.41. The van der Waals surface area contributed by atoms with E-state index in [4.69, 9.17) is 0 Å². The Labute approximate surface area is 137 Å². The van der Waals surface area contributed by atoms with Crippen LogP contribution in [0.2, 0.25) is 0 Å². The number of amides is 2. The zero-order valence-corrected chi connectivity index (χ0v) is 13.7. The van der Waals surface area contributed by atoms with Crippen molar-refractivity contribution in [2.75, 3.05) is 6.54 Å². The quantitative estimate of drug-likeness (QED) is 0.882. The zero-order chi connectivity index (χ0) is 15.4. The summed E-state index contributed by atoms with van der Waals surface area (Å²) in [6, 6.07) is 3.81. The highest BCUT2D eigenvalue weighted by Crippen LogP contribution is 2.25. The van der Waals surface area contributed by atoms with Gasteiger partial charge in [0, 0.05) is 34.5 Å². The van der Waals surface area contributed by atoms with Crippen LogP contribution in [-0.4, -0.2) is 24.4 Å². The van der Waals surface area contributed by atoms with E-state index < -0.39 is 0 Å². The molecule has 2 aromatic heterocycles. The Kier molecular flexibility index (Phi) is 4.90. The van der Waals surface area contributed by atoms with Gasteiger partial charge < -0.3 is 10.6 Å². The highest BCUT2D eigenvalue weighted by Gasteiger charge is 2.29. The van der Waals surface area contributed by atoms with Crippen LogP contribution in [-0.2, 0) is 0 Å². The predicted octanol–water partition coefficient (Wildman–Crippen LogP) is 3.14. The average Bonchev–Trinajstić information content (AvgIpc) is 3.26. The summed E-state index contributed by atoms with van der Waals surface area (Å²) in [4.78, 5) is 24.1. The third kappa shape index (κ3) is 3.56. The monoisotopic (exact) mass is 334 g/mol. The number of hydrogen-bond acceptors (Lipinski definition) is 4. The highest BCUT2D eigenvalue weighted by atomic mass is 32.1. The molecule has 4 nitrogen and oxygen atoms in total. The summed E-state index contributed by atoms with van der Waals surface area (Å²) in [5.41, 5.74) is 1.43. The van der Waals surface area contributed by atoms with Crippen molar-refractivity contribution in [2.24, 2.45) is 5.92 Å². The fourth-order valence-corrected chi connectivity index (χ4v) is 4.11. The maximum Gasteiger partial charge on any atom is 0.252 e. The van der Waals surface area contributed by atoms with E-state index in [1.807, 2.05) is 33.7 Å². The molecule has 2 amide bonds. The Morgan fingerprint density at radius 2 is 1.73 bits per heavy atom. The van der Waals surface area contributed by atoms with Gasteiger partial charge in [0.2, 0.25) is 0 Å². The molecule has 1 saturated carbocycles. The van der Waals surface area contributed by atoms with Crippen LogP contribution >= 0.6 is 22.7 Å². The largest absolute Gasteiger partial charge is 0.352 e. The van der Waals surface area contributed by atoms with Gasteiger partial charge in [-0.05, 0) is 41.7 Å². The molecule has 0 aromatic carbocycles. The second-order valence-electron chi connectivity index (χ2n) is 5.51. The van der Waals surface area contributed by atoms with Gasteiger partial charge in [-0.2, -0.15) is 22.7 Å². The summed E-state index contributed by atoms with van der Waals surface area (Å²) >= 11 is 3.04. The molecule has 0 aliphatic heterocycles. The van der Waals surface area contributed by atoms with Crippen molar-refractivity contribution >= 4 is 34.5 Å². The van der Waals surface area contributed by atoms with Crippen LogP contribution in [0, 0.1) is 5.92 Å². The first-order valence-electron chi connectivity index (χ1n) is 7.37. The van der Waals surface area contributed by atoms with E-state index >= 15 is 0 Å². The molecule has 0 spiro atoms. The van der Waals surface area contributed by atoms with Gasteiger partial charge in [-0.15, -0.1) is 0 Å². The number of hydrogen-bond donors (Lipinski definition) is 2. The zero-order valence-electron chi connectivity index (χ0n) is 12.1. The van der Waals surface area contributed by atoms with Crippen LogP contribution in [0.5, 0.6) is 0 Å². The van der Waals surface area contributed by atoms with E-state index in [9.17, 15) is 9.59 Å². The van der Waals surface area contributed by atoms with E-state index in [0.717, 1.165) is 24.8 Å². The molecule has 0 saturated heterocycles. The van der Waals surface area contributed by atoms with Gasteiger partial charge in [-0.1, -0.05) is 6.42 Å². The summed E-state index contributed by atoms with van der Waals surface area (Å²) in [5, 5.41) is 13.6. The second kappa shape index (κ2) is 7.07. The van der Waals surface area contributed by atoms with Crippen molar-refractivity contribution < 1.29 is 9.59 Å². The number of carbonyl (C=O) groups excluding carboxylic acids is 2. The molecule has 1 fully saturated rings. The van der Waals surface area contributed by atoms with Crippen LogP contribution in [0.15, 0.2) is 33.7 Å². The summed E-state index contributed by atoms with van der Waals surface area (Å²) in [6.07, 6.45) is 3.11. The van der Waals surface area contributed by atoms with Crippen LogP contribution in [0.25, 0.3) is 0 Å². The van der Waals surface area contributed by atoms with E-state index in [1.165, 1.54) is 22.7 Å². The van der Waals surface area contributed by atoms with E-state index in [-0.39, 0.29) is 17.9 Å². The van der Waals surface area contributed by atoms with E-state index in [2.05, 4.69) is 10.6 Å². The Morgan fingerprint density at radius 1 is 1.05 bits per heavy atom. The molecular weight excluding hydrogens is 316 g/mol. The fourth-order valence-electron chi connectivity index (χ4n) is 2.84. The third-order valence-corrected chi connectivity index (χ3v) is 5.43. The molecule has 0 unspecified atom stereocenters. The fraction of sp³-hybridized carbons (Fsp3) is 0.375. The molecule has 0 radical (unpaired) electrons. The summed E-state index contributed by atoms with van der Waals surface area (Å²) in [5.74, 6) is 0.267. The van der Waals surface area contributed by atoms with Gasteiger partial charge in [0.1, 0.15) is 0 Å². The molecule has 2 aromatic rings. The summed E-state index contributed by atoms with van der Waals surface area (Å²) in [7, 11) is 0. The molecule has 2 heterocycles. The minimum atomic E-state index is -0.0314. The van der Waals surface area contributed by atoms with Crippen molar-refractivity contribution in [1.82, 2.24) is 10.6 Å². The van der Waals surface area contributed by atoms with Gasteiger partial charge in [-0.25, -0.2) is 0 Å². The smallest absolute Gasteiger partial charge is 0.252 e. The number of nitrogens with one attached hydrogen (secondary N) is 2.